The lowest BCUT2D eigenvalue weighted by atomic mass is 10.2. The summed E-state index contributed by atoms with van der Waals surface area (Å²) in [5.41, 5.74) is 0.799. The van der Waals surface area contributed by atoms with Crippen molar-refractivity contribution in [3.63, 3.8) is 0 Å². The highest BCUT2D eigenvalue weighted by atomic mass is 19.1. The van der Waals surface area contributed by atoms with Crippen LogP contribution < -0.4 is 5.32 Å². The Kier molecular flexibility index (Phi) is 5.44. The maximum atomic E-state index is 13.3. The SMILES string of the molecule is CCN(CC)CCNc1ccc(C#N)c(F)c1. The van der Waals surface area contributed by atoms with Gasteiger partial charge in [0.05, 0.1) is 5.56 Å². The fourth-order valence-corrected chi connectivity index (χ4v) is 1.61. The fraction of sp³-hybridized carbons (Fsp3) is 0.462. The Hall–Kier alpha value is -1.60. The van der Waals surface area contributed by atoms with E-state index in [1.165, 1.54) is 12.1 Å². The van der Waals surface area contributed by atoms with E-state index in [0.29, 0.717) is 5.69 Å². The molecule has 0 bridgehead atoms. The monoisotopic (exact) mass is 235 g/mol. The molecule has 0 spiro atoms. The Morgan fingerprint density at radius 2 is 2.06 bits per heavy atom. The molecule has 1 rings (SSSR count). The Balaban J connectivity index is 2.48. The maximum Gasteiger partial charge on any atom is 0.143 e. The molecule has 0 saturated carbocycles. The predicted octanol–water partition coefficient (Wildman–Crippen LogP) is 2.45. The molecular weight excluding hydrogens is 217 g/mol. The van der Waals surface area contributed by atoms with Crippen molar-refractivity contribution in [3.05, 3.63) is 29.6 Å². The van der Waals surface area contributed by atoms with E-state index in [2.05, 4.69) is 24.1 Å². The van der Waals surface area contributed by atoms with E-state index in [1.54, 1.807) is 12.1 Å². The summed E-state index contributed by atoms with van der Waals surface area (Å²) < 4.78 is 13.3. The van der Waals surface area contributed by atoms with Crippen LogP contribution in [0.1, 0.15) is 19.4 Å². The Labute approximate surface area is 102 Å². The van der Waals surface area contributed by atoms with E-state index in [-0.39, 0.29) is 5.56 Å². The Morgan fingerprint density at radius 3 is 2.59 bits per heavy atom. The normalized spacial score (nSPS) is 10.3. The molecule has 0 aliphatic carbocycles. The third-order valence-corrected chi connectivity index (χ3v) is 2.74. The van der Waals surface area contributed by atoms with Gasteiger partial charge in [0.15, 0.2) is 0 Å². The summed E-state index contributed by atoms with van der Waals surface area (Å²) in [7, 11) is 0. The van der Waals surface area contributed by atoms with Crippen molar-refractivity contribution < 1.29 is 4.39 Å². The largest absolute Gasteiger partial charge is 0.384 e. The number of hydrogen-bond acceptors (Lipinski definition) is 3. The molecule has 0 saturated heterocycles. The average Bonchev–Trinajstić information content (AvgIpc) is 2.35. The summed E-state index contributed by atoms with van der Waals surface area (Å²) in [4.78, 5) is 2.28. The van der Waals surface area contributed by atoms with Crippen LogP contribution in [0.25, 0.3) is 0 Å². The van der Waals surface area contributed by atoms with Crippen LogP contribution in [0.15, 0.2) is 18.2 Å². The van der Waals surface area contributed by atoms with Gasteiger partial charge >= 0.3 is 0 Å². The zero-order chi connectivity index (χ0) is 12.7. The first-order valence-corrected chi connectivity index (χ1v) is 5.87. The molecule has 0 heterocycles. The van der Waals surface area contributed by atoms with Gasteiger partial charge in [0, 0.05) is 18.8 Å². The molecule has 92 valence electrons. The molecule has 0 radical (unpaired) electrons. The van der Waals surface area contributed by atoms with Gasteiger partial charge in [0.25, 0.3) is 0 Å². The van der Waals surface area contributed by atoms with Gasteiger partial charge in [-0.25, -0.2) is 4.39 Å². The van der Waals surface area contributed by atoms with Crippen molar-refractivity contribution in [3.8, 4) is 6.07 Å². The molecular formula is C13H18FN3. The van der Waals surface area contributed by atoms with Crippen molar-refractivity contribution >= 4 is 5.69 Å². The second kappa shape index (κ2) is 6.87. The molecule has 0 unspecified atom stereocenters. The number of halogens is 1. The van der Waals surface area contributed by atoms with Crippen molar-refractivity contribution in [1.82, 2.24) is 4.90 Å². The van der Waals surface area contributed by atoms with E-state index in [9.17, 15) is 4.39 Å². The topological polar surface area (TPSA) is 39.1 Å². The standard InChI is InChI=1S/C13H18FN3/c1-3-17(4-2)8-7-16-12-6-5-11(10-15)13(14)9-12/h5-6,9,16H,3-4,7-8H2,1-2H3. The molecule has 3 nitrogen and oxygen atoms in total. The van der Waals surface area contributed by atoms with Gasteiger partial charge in [-0.1, -0.05) is 13.8 Å². The van der Waals surface area contributed by atoms with Crippen molar-refractivity contribution in [1.29, 1.82) is 5.26 Å². The molecule has 1 aromatic carbocycles. The predicted molar refractivity (Wildman–Crippen MR) is 67.4 cm³/mol. The molecule has 1 N–H and O–H groups in total. The van der Waals surface area contributed by atoms with Crippen LogP contribution in [-0.4, -0.2) is 31.1 Å². The summed E-state index contributed by atoms with van der Waals surface area (Å²) >= 11 is 0. The number of rotatable bonds is 6. The van der Waals surface area contributed by atoms with Gasteiger partial charge in [0.2, 0.25) is 0 Å². The minimum Gasteiger partial charge on any atom is -0.384 e. The van der Waals surface area contributed by atoms with Crippen LogP contribution in [-0.2, 0) is 0 Å². The number of nitriles is 1. The fourth-order valence-electron chi connectivity index (χ4n) is 1.61. The number of anilines is 1. The third kappa shape index (κ3) is 4.04. The van der Waals surface area contributed by atoms with Crippen LogP contribution in [0.5, 0.6) is 0 Å². The van der Waals surface area contributed by atoms with Gasteiger partial charge < -0.3 is 10.2 Å². The first-order chi connectivity index (χ1) is 8.21. The van der Waals surface area contributed by atoms with E-state index in [0.717, 1.165) is 26.2 Å². The molecule has 0 fully saturated rings. The second-order valence-corrected chi connectivity index (χ2v) is 3.76. The second-order valence-electron chi connectivity index (χ2n) is 3.76. The molecule has 0 atom stereocenters. The maximum absolute atomic E-state index is 13.3. The molecule has 0 amide bonds. The molecule has 0 aliphatic heterocycles. The number of hydrogen-bond donors (Lipinski definition) is 1. The smallest absolute Gasteiger partial charge is 0.143 e. The minimum absolute atomic E-state index is 0.0827. The van der Waals surface area contributed by atoms with Gasteiger partial charge in [-0.3, -0.25) is 0 Å². The van der Waals surface area contributed by atoms with E-state index in [1.807, 2.05) is 0 Å². The first-order valence-electron chi connectivity index (χ1n) is 5.87. The van der Waals surface area contributed by atoms with Crippen molar-refractivity contribution in [2.24, 2.45) is 0 Å². The van der Waals surface area contributed by atoms with Gasteiger partial charge in [-0.2, -0.15) is 5.26 Å². The van der Waals surface area contributed by atoms with E-state index < -0.39 is 5.82 Å². The summed E-state index contributed by atoms with van der Waals surface area (Å²) in [6, 6.07) is 6.39. The number of likely N-dealkylation sites (N-methyl/N-ethyl adjacent to an activating group) is 1. The van der Waals surface area contributed by atoms with E-state index >= 15 is 0 Å². The molecule has 1 aromatic rings. The third-order valence-electron chi connectivity index (χ3n) is 2.74. The molecule has 0 aliphatic rings. The van der Waals surface area contributed by atoms with Gasteiger partial charge in [0.1, 0.15) is 11.9 Å². The quantitative estimate of drug-likeness (QED) is 0.823. The van der Waals surface area contributed by atoms with E-state index in [4.69, 9.17) is 5.26 Å². The first kappa shape index (κ1) is 13.5. The van der Waals surface area contributed by atoms with Crippen LogP contribution >= 0.6 is 0 Å². The minimum atomic E-state index is -0.472. The van der Waals surface area contributed by atoms with Crippen LogP contribution in [0.2, 0.25) is 0 Å². The highest BCUT2D eigenvalue weighted by Crippen LogP contribution is 2.13. The summed E-state index contributed by atoms with van der Waals surface area (Å²) in [6.45, 7) is 7.96. The van der Waals surface area contributed by atoms with Crippen molar-refractivity contribution in [2.45, 2.75) is 13.8 Å². The van der Waals surface area contributed by atoms with Crippen LogP contribution in [0.3, 0.4) is 0 Å². The number of nitrogens with zero attached hydrogens (tertiary/aromatic N) is 2. The highest BCUT2D eigenvalue weighted by Gasteiger charge is 2.03. The zero-order valence-electron chi connectivity index (χ0n) is 10.3. The molecule has 4 heteroatoms. The Morgan fingerprint density at radius 1 is 1.35 bits per heavy atom. The molecule has 0 aromatic heterocycles. The van der Waals surface area contributed by atoms with Gasteiger partial charge in [-0.05, 0) is 31.3 Å². The van der Waals surface area contributed by atoms with Crippen LogP contribution in [0, 0.1) is 17.1 Å². The Bertz CT molecular complexity index is 394. The summed E-state index contributed by atoms with van der Waals surface area (Å²) in [5, 5.41) is 11.7. The lowest BCUT2D eigenvalue weighted by molar-refractivity contribution is 0.316. The number of benzene rings is 1. The average molecular weight is 235 g/mol. The van der Waals surface area contributed by atoms with Crippen LogP contribution in [0.4, 0.5) is 10.1 Å². The zero-order valence-corrected chi connectivity index (χ0v) is 10.3. The van der Waals surface area contributed by atoms with Gasteiger partial charge in [-0.15, -0.1) is 0 Å². The lowest BCUT2D eigenvalue weighted by Crippen LogP contribution is -2.28. The lowest BCUT2D eigenvalue weighted by Gasteiger charge is -2.18. The molecule has 17 heavy (non-hydrogen) atoms. The van der Waals surface area contributed by atoms with Crippen molar-refractivity contribution in [2.75, 3.05) is 31.5 Å². The number of nitrogens with one attached hydrogen (secondary N) is 1. The summed E-state index contributed by atoms with van der Waals surface area (Å²) in [6.07, 6.45) is 0. The summed E-state index contributed by atoms with van der Waals surface area (Å²) in [5.74, 6) is -0.472. The highest BCUT2D eigenvalue weighted by molar-refractivity contribution is 5.48.